The molecule has 1 nitrogen and oxygen atoms in total. The van der Waals surface area contributed by atoms with E-state index in [1.165, 1.54) is 38.5 Å². The molecule has 0 heterocycles. The standard InChI is InChI=1S/C19H28O/c1-18-11-4-3-5-13(18)6-7-14-15-8-9-17(20)19(15,2)12-10-16(14)18/h4,11,13-16H,3,5-10,12H2,1-2H3/t13?,14-,15-,16-,18-,19-/m0/s1. The maximum absolute atomic E-state index is 12.4. The van der Waals surface area contributed by atoms with Gasteiger partial charge in [0.15, 0.2) is 0 Å². The van der Waals surface area contributed by atoms with Crippen LogP contribution in [-0.4, -0.2) is 5.78 Å². The van der Waals surface area contributed by atoms with Crippen LogP contribution in [-0.2, 0) is 4.79 Å². The second kappa shape index (κ2) is 4.21. The Morgan fingerprint density at radius 1 is 1.05 bits per heavy atom. The van der Waals surface area contributed by atoms with Gasteiger partial charge in [0.25, 0.3) is 0 Å². The minimum Gasteiger partial charge on any atom is -0.299 e. The fraction of sp³-hybridized carbons (Fsp3) is 0.842. The molecule has 0 amide bonds. The maximum Gasteiger partial charge on any atom is 0.139 e. The third-order valence-corrected chi connectivity index (χ3v) is 7.83. The van der Waals surface area contributed by atoms with E-state index in [1.54, 1.807) is 0 Å². The molecule has 0 aromatic heterocycles. The van der Waals surface area contributed by atoms with Gasteiger partial charge in [-0.05, 0) is 74.0 Å². The summed E-state index contributed by atoms with van der Waals surface area (Å²) in [5.41, 5.74) is 0.483. The minimum atomic E-state index is 0.0444. The number of rotatable bonds is 0. The van der Waals surface area contributed by atoms with Crippen molar-refractivity contribution in [2.45, 2.75) is 65.2 Å². The van der Waals surface area contributed by atoms with Crippen molar-refractivity contribution in [3.05, 3.63) is 12.2 Å². The molecule has 3 fully saturated rings. The Labute approximate surface area is 123 Å². The Morgan fingerprint density at radius 2 is 1.90 bits per heavy atom. The summed E-state index contributed by atoms with van der Waals surface area (Å²) in [6.45, 7) is 4.82. The van der Waals surface area contributed by atoms with Gasteiger partial charge in [-0.2, -0.15) is 0 Å². The summed E-state index contributed by atoms with van der Waals surface area (Å²) in [7, 11) is 0. The molecular weight excluding hydrogens is 244 g/mol. The number of carbonyl (C=O) groups excluding carboxylic acids is 1. The van der Waals surface area contributed by atoms with Crippen LogP contribution in [0.2, 0.25) is 0 Å². The van der Waals surface area contributed by atoms with Crippen LogP contribution in [0.5, 0.6) is 0 Å². The molecule has 6 atom stereocenters. The predicted octanol–water partition coefficient (Wildman–Crippen LogP) is 4.76. The van der Waals surface area contributed by atoms with E-state index in [9.17, 15) is 4.79 Å². The molecule has 1 heteroatoms. The van der Waals surface area contributed by atoms with Crippen LogP contribution in [0.25, 0.3) is 0 Å². The molecule has 1 unspecified atom stereocenters. The van der Waals surface area contributed by atoms with E-state index in [4.69, 9.17) is 0 Å². The van der Waals surface area contributed by atoms with Gasteiger partial charge in [0.2, 0.25) is 0 Å². The lowest BCUT2D eigenvalue weighted by Crippen LogP contribution is -2.51. The van der Waals surface area contributed by atoms with Crippen molar-refractivity contribution in [2.24, 2.45) is 34.5 Å². The quantitative estimate of drug-likeness (QED) is 0.581. The number of carbonyl (C=O) groups is 1. The van der Waals surface area contributed by atoms with Crippen molar-refractivity contribution < 1.29 is 4.79 Å². The second-order valence-electron chi connectivity index (χ2n) is 8.41. The molecule has 0 aromatic rings. The number of Topliss-reactive ketones (excluding diaryl/α,β-unsaturated/α-hetero) is 1. The molecule has 0 N–H and O–H groups in total. The van der Waals surface area contributed by atoms with Gasteiger partial charge in [0.05, 0.1) is 0 Å². The topological polar surface area (TPSA) is 17.1 Å². The lowest BCUT2D eigenvalue weighted by Gasteiger charge is -2.58. The van der Waals surface area contributed by atoms with Crippen molar-refractivity contribution in [1.29, 1.82) is 0 Å². The third kappa shape index (κ3) is 1.53. The molecule has 0 bridgehead atoms. The first-order valence-electron chi connectivity index (χ1n) is 8.77. The molecule has 0 radical (unpaired) electrons. The molecule has 3 saturated carbocycles. The van der Waals surface area contributed by atoms with Crippen LogP contribution in [0.3, 0.4) is 0 Å². The highest BCUT2D eigenvalue weighted by atomic mass is 16.1. The Morgan fingerprint density at radius 3 is 2.75 bits per heavy atom. The molecule has 4 aliphatic carbocycles. The fourth-order valence-electron chi connectivity index (χ4n) is 6.59. The Kier molecular flexibility index (Phi) is 2.76. The monoisotopic (exact) mass is 272 g/mol. The first-order chi connectivity index (χ1) is 9.56. The van der Waals surface area contributed by atoms with Gasteiger partial charge in [0.1, 0.15) is 5.78 Å². The summed E-state index contributed by atoms with van der Waals surface area (Å²) in [5, 5.41) is 0. The van der Waals surface area contributed by atoms with Gasteiger partial charge in [-0.15, -0.1) is 0 Å². The number of fused-ring (bicyclic) bond motifs is 5. The minimum absolute atomic E-state index is 0.0444. The Hall–Kier alpha value is -0.590. The largest absolute Gasteiger partial charge is 0.299 e. The summed E-state index contributed by atoms with van der Waals surface area (Å²) >= 11 is 0. The Bertz CT molecular complexity index is 464. The summed E-state index contributed by atoms with van der Waals surface area (Å²) in [6, 6.07) is 0. The van der Waals surface area contributed by atoms with Gasteiger partial charge in [0, 0.05) is 11.8 Å². The Balaban J connectivity index is 1.70. The van der Waals surface area contributed by atoms with Gasteiger partial charge in [-0.1, -0.05) is 26.0 Å². The van der Waals surface area contributed by atoms with Gasteiger partial charge < -0.3 is 0 Å². The zero-order valence-electron chi connectivity index (χ0n) is 13.0. The molecule has 0 aliphatic heterocycles. The van der Waals surface area contributed by atoms with Crippen molar-refractivity contribution in [2.75, 3.05) is 0 Å². The molecule has 0 saturated heterocycles. The molecular formula is C19H28O. The highest BCUT2D eigenvalue weighted by molar-refractivity contribution is 5.87. The first kappa shape index (κ1) is 13.1. The van der Waals surface area contributed by atoms with Crippen LogP contribution in [0.15, 0.2) is 12.2 Å². The smallest absolute Gasteiger partial charge is 0.139 e. The number of allylic oxidation sites excluding steroid dienone is 2. The number of hydrogen-bond acceptors (Lipinski definition) is 1. The van der Waals surface area contributed by atoms with Gasteiger partial charge in [-0.25, -0.2) is 0 Å². The van der Waals surface area contributed by atoms with E-state index in [0.29, 0.717) is 17.1 Å². The van der Waals surface area contributed by atoms with E-state index in [1.807, 2.05) is 0 Å². The van der Waals surface area contributed by atoms with E-state index < -0.39 is 0 Å². The number of ketones is 1. The number of hydrogen-bond donors (Lipinski definition) is 0. The summed E-state index contributed by atoms with van der Waals surface area (Å²) in [6.07, 6.45) is 15.0. The maximum atomic E-state index is 12.4. The summed E-state index contributed by atoms with van der Waals surface area (Å²) in [5.74, 6) is 3.86. The molecule has 110 valence electrons. The van der Waals surface area contributed by atoms with Crippen molar-refractivity contribution in [3.63, 3.8) is 0 Å². The average Bonchev–Trinajstić information content (AvgIpc) is 2.74. The molecule has 4 aliphatic rings. The second-order valence-corrected chi connectivity index (χ2v) is 8.41. The van der Waals surface area contributed by atoms with Crippen LogP contribution in [0.4, 0.5) is 0 Å². The van der Waals surface area contributed by atoms with Crippen molar-refractivity contribution in [1.82, 2.24) is 0 Å². The van der Waals surface area contributed by atoms with Crippen LogP contribution < -0.4 is 0 Å². The van der Waals surface area contributed by atoms with E-state index in [0.717, 1.165) is 30.6 Å². The van der Waals surface area contributed by atoms with Crippen LogP contribution in [0, 0.1) is 34.5 Å². The lowest BCUT2D eigenvalue weighted by atomic mass is 9.46. The van der Waals surface area contributed by atoms with Crippen molar-refractivity contribution >= 4 is 5.78 Å². The highest BCUT2D eigenvalue weighted by Gasteiger charge is 2.59. The van der Waals surface area contributed by atoms with Crippen LogP contribution in [0.1, 0.15) is 65.2 Å². The molecule has 0 aromatic carbocycles. The van der Waals surface area contributed by atoms with E-state index in [2.05, 4.69) is 26.0 Å². The fourth-order valence-corrected chi connectivity index (χ4v) is 6.59. The average molecular weight is 272 g/mol. The van der Waals surface area contributed by atoms with Gasteiger partial charge in [-0.3, -0.25) is 4.79 Å². The zero-order valence-corrected chi connectivity index (χ0v) is 13.0. The van der Waals surface area contributed by atoms with Crippen LogP contribution >= 0.6 is 0 Å². The predicted molar refractivity (Wildman–Crippen MR) is 81.3 cm³/mol. The van der Waals surface area contributed by atoms with E-state index >= 15 is 0 Å². The zero-order chi connectivity index (χ0) is 14.0. The summed E-state index contributed by atoms with van der Waals surface area (Å²) in [4.78, 5) is 12.4. The summed E-state index contributed by atoms with van der Waals surface area (Å²) < 4.78 is 0. The SMILES string of the molecule is C[C@]12C=CCCC1CC[C@@H]1[C@@H]2CC[C@]2(C)C(=O)CC[C@@H]12. The van der Waals surface area contributed by atoms with E-state index in [-0.39, 0.29) is 5.41 Å². The molecule has 20 heavy (non-hydrogen) atoms. The highest BCUT2D eigenvalue weighted by Crippen LogP contribution is 2.64. The molecule has 4 rings (SSSR count). The first-order valence-corrected chi connectivity index (χ1v) is 8.77. The van der Waals surface area contributed by atoms with Crippen molar-refractivity contribution in [3.8, 4) is 0 Å². The van der Waals surface area contributed by atoms with Gasteiger partial charge >= 0.3 is 0 Å². The molecule has 0 spiro atoms. The normalized spacial score (nSPS) is 54.2. The lowest BCUT2D eigenvalue weighted by molar-refractivity contribution is -0.134. The third-order valence-electron chi connectivity index (χ3n) is 7.83.